The molecule has 2 N–H and O–H groups in total. The molecule has 0 saturated carbocycles. The van der Waals surface area contributed by atoms with Crippen LogP contribution in [0.3, 0.4) is 0 Å². The fourth-order valence-electron chi connectivity index (χ4n) is 2.93. The minimum absolute atomic E-state index is 0.277. The third-order valence-electron chi connectivity index (χ3n) is 4.30. The van der Waals surface area contributed by atoms with Gasteiger partial charge in [0, 0.05) is 42.2 Å². The number of aliphatic imine (C=N–C) groups is 1. The molecular formula is C21H30N3O+. The summed E-state index contributed by atoms with van der Waals surface area (Å²) < 4.78 is 0. The Bertz CT molecular complexity index is 706. The lowest BCUT2D eigenvalue weighted by atomic mass is 10.1. The number of benzene rings is 2. The van der Waals surface area contributed by atoms with E-state index in [4.69, 9.17) is 0 Å². The number of quaternary nitrogens is 1. The fraction of sp³-hybridized carbons (Fsp3) is 0.381. The number of phenolic OH excluding ortho intramolecular Hbond substituents is 1. The Morgan fingerprint density at radius 1 is 1.04 bits per heavy atom. The number of rotatable bonds is 8. The van der Waals surface area contributed by atoms with Crippen LogP contribution in [-0.2, 0) is 13.1 Å². The molecule has 4 nitrogen and oxygen atoms in total. The maximum atomic E-state index is 10.3. The quantitative estimate of drug-likeness (QED) is 0.725. The van der Waals surface area contributed by atoms with Gasteiger partial charge in [0.25, 0.3) is 0 Å². The molecule has 0 bridgehead atoms. The highest BCUT2D eigenvalue weighted by Gasteiger charge is 2.06. The Hall–Kier alpha value is -2.33. The van der Waals surface area contributed by atoms with Crippen molar-refractivity contribution in [2.45, 2.75) is 26.9 Å². The normalized spacial score (nSPS) is 11.4. The summed E-state index contributed by atoms with van der Waals surface area (Å²) in [7, 11) is 4.30. The van der Waals surface area contributed by atoms with Crippen molar-refractivity contribution in [1.82, 2.24) is 0 Å². The highest BCUT2D eigenvalue weighted by Crippen LogP contribution is 2.23. The first-order chi connectivity index (χ1) is 12.0. The molecule has 4 heteroatoms. The fourth-order valence-corrected chi connectivity index (χ4v) is 2.93. The Labute approximate surface area is 151 Å². The van der Waals surface area contributed by atoms with E-state index in [9.17, 15) is 5.11 Å². The smallest absolute Gasteiger partial charge is 0.126 e. The van der Waals surface area contributed by atoms with Gasteiger partial charge in [-0.25, -0.2) is 0 Å². The van der Waals surface area contributed by atoms with Crippen molar-refractivity contribution in [3.05, 3.63) is 59.2 Å². The molecule has 0 fully saturated rings. The first kappa shape index (κ1) is 19.0. The molecule has 0 amide bonds. The van der Waals surface area contributed by atoms with Crippen LogP contribution >= 0.6 is 0 Å². The first-order valence-electron chi connectivity index (χ1n) is 8.98. The summed E-state index contributed by atoms with van der Waals surface area (Å²) in [5.74, 6) is 0.277. The molecule has 0 aliphatic heterocycles. The molecule has 0 spiro atoms. The van der Waals surface area contributed by atoms with E-state index < -0.39 is 0 Å². The molecule has 0 heterocycles. The summed E-state index contributed by atoms with van der Waals surface area (Å²) in [5.41, 5.74) is 4.35. The van der Waals surface area contributed by atoms with Gasteiger partial charge in [0.05, 0.1) is 20.6 Å². The zero-order valence-electron chi connectivity index (χ0n) is 15.8. The molecule has 0 saturated heterocycles. The zero-order chi connectivity index (χ0) is 18.2. The Balaban J connectivity index is 2.10. The molecular weight excluding hydrogens is 310 g/mol. The summed E-state index contributed by atoms with van der Waals surface area (Å²) in [4.78, 5) is 8.15. The van der Waals surface area contributed by atoms with Crippen LogP contribution in [0.15, 0.2) is 47.5 Å². The number of hydrogen-bond donors (Lipinski definition) is 2. The summed E-state index contributed by atoms with van der Waals surface area (Å²) >= 11 is 0. The molecule has 0 aliphatic carbocycles. The molecule has 25 heavy (non-hydrogen) atoms. The van der Waals surface area contributed by atoms with E-state index >= 15 is 0 Å². The summed E-state index contributed by atoms with van der Waals surface area (Å²) in [6.07, 6.45) is 1.76. The molecule has 2 aromatic rings. The van der Waals surface area contributed by atoms with Gasteiger partial charge in [0.15, 0.2) is 0 Å². The van der Waals surface area contributed by atoms with E-state index in [1.54, 1.807) is 6.21 Å². The Kier molecular flexibility index (Phi) is 7.02. The summed E-state index contributed by atoms with van der Waals surface area (Å²) in [6.45, 7) is 7.68. The maximum absolute atomic E-state index is 10.3. The molecule has 134 valence electrons. The molecule has 2 aromatic carbocycles. The van der Waals surface area contributed by atoms with Crippen molar-refractivity contribution in [3.63, 3.8) is 0 Å². The second kappa shape index (κ2) is 9.23. The third kappa shape index (κ3) is 5.33. The standard InChI is InChI=1S/C21H29N3O/c1-5-24(6-2)20-12-11-18(21(25)13-20)15-22-14-17-9-7-8-10-19(17)16-23(3)4/h7-13,15,25H,5-6,14,16H2,1-4H3/p+1. The van der Waals surface area contributed by atoms with Crippen LogP contribution in [0.2, 0.25) is 0 Å². The van der Waals surface area contributed by atoms with Gasteiger partial charge in [0.2, 0.25) is 0 Å². The van der Waals surface area contributed by atoms with Crippen molar-refractivity contribution in [1.29, 1.82) is 0 Å². The summed E-state index contributed by atoms with van der Waals surface area (Å²) in [5, 5.41) is 10.3. The monoisotopic (exact) mass is 340 g/mol. The average molecular weight is 340 g/mol. The van der Waals surface area contributed by atoms with Gasteiger partial charge in [-0.15, -0.1) is 0 Å². The number of aromatic hydroxyl groups is 1. The number of hydrogen-bond acceptors (Lipinski definition) is 3. The molecule has 2 rings (SSSR count). The number of nitrogens with zero attached hydrogens (tertiary/aromatic N) is 2. The lowest BCUT2D eigenvalue weighted by molar-refractivity contribution is -0.872. The predicted octanol–water partition coefficient (Wildman–Crippen LogP) is 2.50. The molecule has 0 aromatic heterocycles. The lowest BCUT2D eigenvalue weighted by Gasteiger charge is -2.21. The second-order valence-electron chi connectivity index (χ2n) is 6.54. The van der Waals surface area contributed by atoms with Crippen LogP contribution in [0, 0.1) is 0 Å². The van der Waals surface area contributed by atoms with E-state index in [0.717, 1.165) is 30.9 Å². The third-order valence-corrected chi connectivity index (χ3v) is 4.30. The van der Waals surface area contributed by atoms with Crippen molar-refractivity contribution >= 4 is 11.9 Å². The minimum atomic E-state index is 0.277. The van der Waals surface area contributed by atoms with Crippen molar-refractivity contribution in [2.24, 2.45) is 4.99 Å². The van der Waals surface area contributed by atoms with E-state index in [1.807, 2.05) is 18.2 Å². The van der Waals surface area contributed by atoms with E-state index in [-0.39, 0.29) is 5.75 Å². The van der Waals surface area contributed by atoms with Gasteiger partial charge in [0.1, 0.15) is 12.3 Å². The number of nitrogens with one attached hydrogen (secondary N) is 1. The van der Waals surface area contributed by atoms with E-state index in [1.165, 1.54) is 16.0 Å². The van der Waals surface area contributed by atoms with Gasteiger partial charge >= 0.3 is 0 Å². The van der Waals surface area contributed by atoms with Gasteiger partial charge in [-0.3, -0.25) is 4.99 Å². The maximum Gasteiger partial charge on any atom is 0.126 e. The molecule has 0 unspecified atom stereocenters. The lowest BCUT2D eigenvalue weighted by Crippen LogP contribution is -3.04. The number of anilines is 1. The van der Waals surface area contributed by atoms with E-state index in [2.05, 4.69) is 62.1 Å². The molecule has 0 atom stereocenters. The van der Waals surface area contributed by atoms with Crippen LogP contribution in [0.4, 0.5) is 5.69 Å². The SMILES string of the molecule is CCN(CC)c1ccc(C=NCc2ccccc2C[NH+](C)C)c(O)c1. The summed E-state index contributed by atoms with van der Waals surface area (Å²) in [6, 6.07) is 14.2. The van der Waals surface area contributed by atoms with Gasteiger partial charge in [-0.05, 0) is 31.5 Å². The van der Waals surface area contributed by atoms with Crippen molar-refractivity contribution in [2.75, 3.05) is 32.1 Å². The van der Waals surface area contributed by atoms with Crippen molar-refractivity contribution < 1.29 is 10.0 Å². The highest BCUT2D eigenvalue weighted by molar-refractivity contribution is 5.84. The van der Waals surface area contributed by atoms with Crippen LogP contribution < -0.4 is 9.80 Å². The minimum Gasteiger partial charge on any atom is -0.507 e. The Morgan fingerprint density at radius 2 is 1.72 bits per heavy atom. The van der Waals surface area contributed by atoms with E-state index in [0.29, 0.717) is 6.54 Å². The van der Waals surface area contributed by atoms with Crippen molar-refractivity contribution in [3.8, 4) is 5.75 Å². The van der Waals surface area contributed by atoms with Gasteiger partial charge in [-0.1, -0.05) is 24.3 Å². The van der Waals surface area contributed by atoms with Crippen LogP contribution in [0.1, 0.15) is 30.5 Å². The zero-order valence-corrected chi connectivity index (χ0v) is 15.8. The van der Waals surface area contributed by atoms with Gasteiger partial charge < -0.3 is 14.9 Å². The second-order valence-corrected chi connectivity index (χ2v) is 6.54. The molecule has 0 radical (unpaired) electrons. The molecule has 0 aliphatic rings. The van der Waals surface area contributed by atoms with Gasteiger partial charge in [-0.2, -0.15) is 0 Å². The van der Waals surface area contributed by atoms with Crippen LogP contribution in [-0.4, -0.2) is 38.5 Å². The first-order valence-corrected chi connectivity index (χ1v) is 8.98. The van der Waals surface area contributed by atoms with Crippen LogP contribution in [0.25, 0.3) is 0 Å². The Morgan fingerprint density at radius 3 is 2.32 bits per heavy atom. The predicted molar refractivity (Wildman–Crippen MR) is 106 cm³/mol. The largest absolute Gasteiger partial charge is 0.507 e. The average Bonchev–Trinajstić information content (AvgIpc) is 2.59. The number of phenols is 1. The highest BCUT2D eigenvalue weighted by atomic mass is 16.3. The topological polar surface area (TPSA) is 40.3 Å². The van der Waals surface area contributed by atoms with Crippen LogP contribution in [0.5, 0.6) is 5.75 Å².